The molecule has 0 fully saturated rings. The van der Waals surface area contributed by atoms with Crippen molar-refractivity contribution in [3.63, 3.8) is 0 Å². The smallest absolute Gasteiger partial charge is 0.0739 e. The van der Waals surface area contributed by atoms with E-state index >= 15 is 0 Å². The third-order valence-electron chi connectivity index (χ3n) is 3.05. The van der Waals surface area contributed by atoms with Crippen molar-refractivity contribution >= 4 is 15.9 Å². The van der Waals surface area contributed by atoms with Gasteiger partial charge in [-0.15, -0.1) is 0 Å². The van der Waals surface area contributed by atoms with E-state index in [1.165, 1.54) is 16.6 Å². The van der Waals surface area contributed by atoms with Crippen molar-refractivity contribution in [1.82, 2.24) is 14.7 Å². The van der Waals surface area contributed by atoms with E-state index in [0.29, 0.717) is 6.04 Å². The van der Waals surface area contributed by atoms with Gasteiger partial charge >= 0.3 is 0 Å². The van der Waals surface area contributed by atoms with Gasteiger partial charge in [-0.25, -0.2) is 0 Å². The summed E-state index contributed by atoms with van der Waals surface area (Å²) in [6.07, 6.45) is 1.19. The molecule has 0 aromatic carbocycles. The largest absolute Gasteiger partial charge is 0.295 e. The molecular formula is C13H24BrN3. The van der Waals surface area contributed by atoms with Gasteiger partial charge in [0.1, 0.15) is 0 Å². The summed E-state index contributed by atoms with van der Waals surface area (Å²) >= 11 is 3.66. The molecule has 3 nitrogen and oxygen atoms in total. The van der Waals surface area contributed by atoms with E-state index in [0.717, 1.165) is 25.3 Å². The molecule has 0 N–H and O–H groups in total. The summed E-state index contributed by atoms with van der Waals surface area (Å²) in [6, 6.07) is 0.572. The van der Waals surface area contributed by atoms with Gasteiger partial charge in [0.25, 0.3) is 0 Å². The minimum atomic E-state index is 0.572. The van der Waals surface area contributed by atoms with E-state index in [1.807, 2.05) is 0 Å². The molecule has 1 aromatic rings. The molecule has 98 valence electrons. The maximum atomic E-state index is 4.54. The highest BCUT2D eigenvalue weighted by Crippen LogP contribution is 2.23. The Hall–Kier alpha value is -0.350. The van der Waals surface area contributed by atoms with Crippen LogP contribution < -0.4 is 0 Å². The molecule has 0 spiro atoms. The summed E-state index contributed by atoms with van der Waals surface area (Å²) in [7, 11) is 0. The minimum Gasteiger partial charge on any atom is -0.295 e. The predicted molar refractivity (Wildman–Crippen MR) is 76.2 cm³/mol. The van der Waals surface area contributed by atoms with Crippen LogP contribution in [0.4, 0.5) is 0 Å². The predicted octanol–water partition coefficient (Wildman–Crippen LogP) is 3.59. The van der Waals surface area contributed by atoms with E-state index in [-0.39, 0.29) is 0 Å². The molecule has 4 heteroatoms. The second kappa shape index (κ2) is 6.55. The Labute approximate surface area is 113 Å². The van der Waals surface area contributed by atoms with Crippen molar-refractivity contribution in [1.29, 1.82) is 0 Å². The second-order valence-electron chi connectivity index (χ2n) is 4.73. The zero-order chi connectivity index (χ0) is 13.0. The zero-order valence-electron chi connectivity index (χ0n) is 11.6. The fourth-order valence-corrected chi connectivity index (χ4v) is 2.43. The molecule has 0 bridgehead atoms. The lowest BCUT2D eigenvalue weighted by molar-refractivity contribution is 0.206. The van der Waals surface area contributed by atoms with Crippen LogP contribution in [0.1, 0.15) is 45.5 Å². The zero-order valence-corrected chi connectivity index (χ0v) is 13.2. The summed E-state index contributed by atoms with van der Waals surface area (Å²) in [6.45, 7) is 14.0. The van der Waals surface area contributed by atoms with E-state index in [4.69, 9.17) is 0 Å². The van der Waals surface area contributed by atoms with Crippen LogP contribution in [0.5, 0.6) is 0 Å². The third kappa shape index (κ3) is 3.55. The van der Waals surface area contributed by atoms with Crippen LogP contribution in [-0.4, -0.2) is 27.3 Å². The quantitative estimate of drug-likeness (QED) is 0.800. The van der Waals surface area contributed by atoms with Crippen molar-refractivity contribution < 1.29 is 0 Å². The molecule has 1 rings (SSSR count). The number of aryl methyl sites for hydroxylation is 2. The molecule has 1 aromatic heterocycles. The number of hydrogen-bond acceptors (Lipinski definition) is 2. The first-order chi connectivity index (χ1) is 8.01. The molecule has 0 aliphatic heterocycles. The average molecular weight is 302 g/mol. The highest BCUT2D eigenvalue weighted by molar-refractivity contribution is 9.10. The standard InChI is InChI=1S/C13H24BrN3/c1-6-8-16(10(3)4)9-12-13(14)11(5)15-17(12)7-2/h10H,6-9H2,1-5H3. The summed E-state index contributed by atoms with van der Waals surface area (Å²) < 4.78 is 3.27. The molecule has 0 radical (unpaired) electrons. The van der Waals surface area contributed by atoms with E-state index in [2.05, 4.69) is 65.2 Å². The van der Waals surface area contributed by atoms with Gasteiger partial charge in [0, 0.05) is 19.1 Å². The fraction of sp³-hybridized carbons (Fsp3) is 0.769. The van der Waals surface area contributed by atoms with Crippen LogP contribution in [0.3, 0.4) is 0 Å². The molecule has 0 atom stereocenters. The van der Waals surface area contributed by atoms with Crippen LogP contribution in [0.2, 0.25) is 0 Å². The average Bonchev–Trinajstić information content (AvgIpc) is 2.55. The minimum absolute atomic E-state index is 0.572. The maximum Gasteiger partial charge on any atom is 0.0739 e. The fourth-order valence-electron chi connectivity index (χ4n) is 2.02. The SMILES string of the molecule is CCCN(Cc1c(Br)c(C)nn1CC)C(C)C. The normalized spacial score (nSPS) is 11.8. The number of halogens is 1. The Morgan fingerprint density at radius 2 is 2.00 bits per heavy atom. The van der Waals surface area contributed by atoms with Gasteiger partial charge in [0.15, 0.2) is 0 Å². The molecule has 0 saturated carbocycles. The summed E-state index contributed by atoms with van der Waals surface area (Å²) in [5.74, 6) is 0. The molecule has 0 unspecified atom stereocenters. The molecule has 0 saturated heterocycles. The first kappa shape index (κ1) is 14.7. The van der Waals surface area contributed by atoms with Gasteiger partial charge in [-0.05, 0) is 56.6 Å². The first-order valence-electron chi connectivity index (χ1n) is 6.47. The third-order valence-corrected chi connectivity index (χ3v) is 4.08. The van der Waals surface area contributed by atoms with E-state index in [9.17, 15) is 0 Å². The molecule has 0 aliphatic rings. The highest BCUT2D eigenvalue weighted by atomic mass is 79.9. The van der Waals surface area contributed by atoms with Crippen LogP contribution in [0, 0.1) is 6.92 Å². The van der Waals surface area contributed by atoms with E-state index < -0.39 is 0 Å². The summed E-state index contributed by atoms with van der Waals surface area (Å²) in [5, 5.41) is 4.54. The molecular weight excluding hydrogens is 278 g/mol. The van der Waals surface area contributed by atoms with Gasteiger partial charge in [-0.1, -0.05) is 6.92 Å². The van der Waals surface area contributed by atoms with Crippen LogP contribution in [0.25, 0.3) is 0 Å². The van der Waals surface area contributed by atoms with Gasteiger partial charge in [0.05, 0.1) is 15.9 Å². The van der Waals surface area contributed by atoms with Gasteiger partial charge in [0.2, 0.25) is 0 Å². The van der Waals surface area contributed by atoms with Crippen molar-refractivity contribution in [2.75, 3.05) is 6.54 Å². The highest BCUT2D eigenvalue weighted by Gasteiger charge is 2.16. The van der Waals surface area contributed by atoms with Crippen LogP contribution in [-0.2, 0) is 13.1 Å². The summed E-state index contributed by atoms with van der Waals surface area (Å²) in [4.78, 5) is 2.49. The Morgan fingerprint density at radius 3 is 2.47 bits per heavy atom. The van der Waals surface area contributed by atoms with Crippen molar-refractivity contribution in [3.8, 4) is 0 Å². The number of hydrogen-bond donors (Lipinski definition) is 0. The van der Waals surface area contributed by atoms with E-state index in [1.54, 1.807) is 0 Å². The Morgan fingerprint density at radius 1 is 1.35 bits per heavy atom. The van der Waals surface area contributed by atoms with Crippen molar-refractivity contribution in [3.05, 3.63) is 15.9 Å². The lowest BCUT2D eigenvalue weighted by Gasteiger charge is -2.26. The van der Waals surface area contributed by atoms with Gasteiger partial charge < -0.3 is 0 Å². The Bertz CT molecular complexity index is 358. The van der Waals surface area contributed by atoms with Crippen molar-refractivity contribution in [2.45, 2.75) is 60.2 Å². The van der Waals surface area contributed by atoms with Crippen LogP contribution in [0.15, 0.2) is 4.47 Å². The van der Waals surface area contributed by atoms with Gasteiger partial charge in [-0.3, -0.25) is 9.58 Å². The molecule has 17 heavy (non-hydrogen) atoms. The lowest BCUT2D eigenvalue weighted by Crippen LogP contribution is -2.32. The maximum absolute atomic E-state index is 4.54. The second-order valence-corrected chi connectivity index (χ2v) is 5.52. The van der Waals surface area contributed by atoms with Crippen LogP contribution >= 0.6 is 15.9 Å². The Balaban J connectivity index is 2.91. The number of nitrogens with zero attached hydrogens (tertiary/aromatic N) is 3. The lowest BCUT2D eigenvalue weighted by atomic mass is 10.2. The number of rotatable bonds is 6. The Kier molecular flexibility index (Phi) is 5.67. The monoisotopic (exact) mass is 301 g/mol. The first-order valence-corrected chi connectivity index (χ1v) is 7.26. The molecule has 0 amide bonds. The topological polar surface area (TPSA) is 21.1 Å². The van der Waals surface area contributed by atoms with Crippen molar-refractivity contribution in [2.24, 2.45) is 0 Å². The number of aromatic nitrogens is 2. The van der Waals surface area contributed by atoms with Gasteiger partial charge in [-0.2, -0.15) is 5.10 Å². The summed E-state index contributed by atoms with van der Waals surface area (Å²) in [5.41, 5.74) is 2.38. The molecule has 1 heterocycles. The molecule has 0 aliphatic carbocycles.